The van der Waals surface area contributed by atoms with Crippen molar-refractivity contribution in [2.75, 3.05) is 18.5 Å². The molecule has 3 nitrogen and oxygen atoms in total. The van der Waals surface area contributed by atoms with Crippen LogP contribution in [0.1, 0.15) is 56.8 Å². The summed E-state index contributed by atoms with van der Waals surface area (Å²) >= 11 is 6.26. The topological polar surface area (TPSA) is 29.0 Å². The van der Waals surface area contributed by atoms with Crippen LogP contribution in [0.5, 0.6) is 0 Å². The molecule has 1 saturated carbocycles. The molecule has 2 rings (SSSR count). The Hall–Kier alpha value is -0.830. The molecule has 0 atom stereocenters. The molecule has 1 aromatic heterocycles. The molecule has 20 heavy (non-hydrogen) atoms. The molecule has 1 fully saturated rings. The van der Waals surface area contributed by atoms with Crippen molar-refractivity contribution in [3.8, 4) is 0 Å². The minimum absolute atomic E-state index is 0.606. The normalized spacial score (nSPS) is 16.4. The van der Waals surface area contributed by atoms with Crippen molar-refractivity contribution in [2.45, 2.75) is 58.8 Å². The SMILES string of the molecule is CCCc1nc(Cl)c(C)c(N(C)CC2CCCCC2)n1. The van der Waals surface area contributed by atoms with Gasteiger partial charge in [0.25, 0.3) is 0 Å². The maximum atomic E-state index is 6.26. The molecular formula is C16H26ClN3. The number of aromatic nitrogens is 2. The van der Waals surface area contributed by atoms with Gasteiger partial charge in [-0.1, -0.05) is 37.8 Å². The standard InChI is InChI=1S/C16H26ClN3/c1-4-8-14-18-15(17)12(2)16(19-14)20(3)11-13-9-6-5-7-10-13/h13H,4-11H2,1-3H3. The van der Waals surface area contributed by atoms with Crippen LogP contribution in [0.4, 0.5) is 5.82 Å². The summed E-state index contributed by atoms with van der Waals surface area (Å²) in [7, 11) is 2.13. The molecule has 0 radical (unpaired) electrons. The summed E-state index contributed by atoms with van der Waals surface area (Å²) in [5, 5.41) is 0.606. The Morgan fingerprint density at radius 1 is 1.20 bits per heavy atom. The number of hydrogen-bond acceptors (Lipinski definition) is 3. The summed E-state index contributed by atoms with van der Waals surface area (Å²) in [5.74, 6) is 2.68. The lowest BCUT2D eigenvalue weighted by Crippen LogP contribution is -2.28. The fraction of sp³-hybridized carbons (Fsp3) is 0.750. The van der Waals surface area contributed by atoms with Crippen LogP contribution < -0.4 is 4.90 Å². The lowest BCUT2D eigenvalue weighted by Gasteiger charge is -2.28. The van der Waals surface area contributed by atoms with E-state index in [2.05, 4.69) is 23.9 Å². The largest absolute Gasteiger partial charge is 0.359 e. The van der Waals surface area contributed by atoms with Gasteiger partial charge in [0, 0.05) is 25.6 Å². The lowest BCUT2D eigenvalue weighted by atomic mass is 9.89. The molecule has 4 heteroatoms. The van der Waals surface area contributed by atoms with Gasteiger partial charge in [0.05, 0.1) is 0 Å². The summed E-state index contributed by atoms with van der Waals surface area (Å²) in [6, 6.07) is 0. The fourth-order valence-corrected chi connectivity index (χ4v) is 3.25. The van der Waals surface area contributed by atoms with Gasteiger partial charge in [0.2, 0.25) is 0 Å². The molecule has 0 N–H and O–H groups in total. The van der Waals surface area contributed by atoms with Gasteiger partial charge < -0.3 is 4.90 Å². The maximum Gasteiger partial charge on any atom is 0.137 e. The Kier molecular flexibility index (Phi) is 5.64. The van der Waals surface area contributed by atoms with E-state index in [1.54, 1.807) is 0 Å². The highest BCUT2D eigenvalue weighted by Crippen LogP contribution is 2.28. The second-order valence-electron chi connectivity index (χ2n) is 6.01. The van der Waals surface area contributed by atoms with E-state index in [-0.39, 0.29) is 0 Å². The smallest absolute Gasteiger partial charge is 0.137 e. The number of rotatable bonds is 5. The molecule has 1 aliphatic carbocycles. The molecule has 0 aliphatic heterocycles. The van der Waals surface area contributed by atoms with Crippen LogP contribution in [0.15, 0.2) is 0 Å². The second kappa shape index (κ2) is 7.26. The maximum absolute atomic E-state index is 6.26. The van der Waals surface area contributed by atoms with E-state index in [4.69, 9.17) is 16.6 Å². The first-order chi connectivity index (χ1) is 9.61. The summed E-state index contributed by atoms with van der Waals surface area (Å²) in [6.45, 7) is 5.24. The molecule has 1 aromatic rings. The van der Waals surface area contributed by atoms with Gasteiger partial charge in [0.15, 0.2) is 0 Å². The van der Waals surface area contributed by atoms with Gasteiger partial charge in [-0.25, -0.2) is 9.97 Å². The summed E-state index contributed by atoms with van der Waals surface area (Å²) in [5.41, 5.74) is 1.00. The zero-order valence-corrected chi connectivity index (χ0v) is 13.7. The molecule has 0 unspecified atom stereocenters. The second-order valence-corrected chi connectivity index (χ2v) is 6.37. The van der Waals surface area contributed by atoms with Crippen molar-refractivity contribution in [1.29, 1.82) is 0 Å². The Balaban J connectivity index is 2.12. The summed E-state index contributed by atoms with van der Waals surface area (Å²) < 4.78 is 0. The van der Waals surface area contributed by atoms with Crippen molar-refractivity contribution in [3.63, 3.8) is 0 Å². The molecule has 0 amide bonds. The van der Waals surface area contributed by atoms with Gasteiger partial charge in [-0.05, 0) is 32.1 Å². The third kappa shape index (κ3) is 3.85. The van der Waals surface area contributed by atoms with E-state index in [0.717, 1.165) is 42.5 Å². The highest BCUT2D eigenvalue weighted by Gasteiger charge is 2.18. The highest BCUT2D eigenvalue weighted by atomic mass is 35.5. The van der Waals surface area contributed by atoms with E-state index in [1.165, 1.54) is 32.1 Å². The van der Waals surface area contributed by atoms with Crippen LogP contribution in [0.25, 0.3) is 0 Å². The van der Waals surface area contributed by atoms with Gasteiger partial charge in [-0.15, -0.1) is 0 Å². The molecule has 0 saturated heterocycles. The number of nitrogens with zero attached hydrogens (tertiary/aromatic N) is 3. The predicted octanol–water partition coefficient (Wildman–Crippen LogP) is 4.41. The van der Waals surface area contributed by atoms with Crippen LogP contribution in [0.2, 0.25) is 5.15 Å². The van der Waals surface area contributed by atoms with Crippen molar-refractivity contribution in [2.24, 2.45) is 5.92 Å². The Labute approximate surface area is 127 Å². The summed E-state index contributed by atoms with van der Waals surface area (Å²) in [4.78, 5) is 11.4. The van der Waals surface area contributed by atoms with E-state index in [0.29, 0.717) is 5.15 Å². The minimum Gasteiger partial charge on any atom is -0.359 e. The van der Waals surface area contributed by atoms with Crippen LogP contribution in [-0.4, -0.2) is 23.6 Å². The van der Waals surface area contributed by atoms with Crippen LogP contribution in [-0.2, 0) is 6.42 Å². The van der Waals surface area contributed by atoms with E-state index >= 15 is 0 Å². The fourth-order valence-electron chi connectivity index (χ4n) is 3.07. The van der Waals surface area contributed by atoms with Crippen molar-refractivity contribution in [1.82, 2.24) is 9.97 Å². The molecule has 1 heterocycles. The third-order valence-corrected chi connectivity index (χ3v) is 4.57. The van der Waals surface area contributed by atoms with Crippen molar-refractivity contribution < 1.29 is 0 Å². The lowest BCUT2D eigenvalue weighted by molar-refractivity contribution is 0.361. The van der Waals surface area contributed by atoms with Gasteiger partial charge in [-0.3, -0.25) is 0 Å². The predicted molar refractivity (Wildman–Crippen MR) is 85.6 cm³/mol. The summed E-state index contributed by atoms with van der Waals surface area (Å²) in [6.07, 6.45) is 8.80. The minimum atomic E-state index is 0.606. The molecule has 0 aromatic carbocycles. The van der Waals surface area contributed by atoms with Crippen LogP contribution in [0.3, 0.4) is 0 Å². The van der Waals surface area contributed by atoms with Crippen molar-refractivity contribution in [3.05, 3.63) is 16.5 Å². The van der Waals surface area contributed by atoms with Gasteiger partial charge >= 0.3 is 0 Å². The number of anilines is 1. The quantitative estimate of drug-likeness (QED) is 0.754. The Morgan fingerprint density at radius 3 is 2.55 bits per heavy atom. The molecule has 112 valence electrons. The molecule has 0 spiro atoms. The first-order valence-electron chi connectivity index (χ1n) is 7.86. The van der Waals surface area contributed by atoms with Crippen LogP contribution in [0, 0.1) is 12.8 Å². The van der Waals surface area contributed by atoms with E-state index in [9.17, 15) is 0 Å². The zero-order chi connectivity index (χ0) is 14.5. The monoisotopic (exact) mass is 295 g/mol. The van der Waals surface area contributed by atoms with E-state index < -0.39 is 0 Å². The van der Waals surface area contributed by atoms with Crippen LogP contribution >= 0.6 is 11.6 Å². The number of halogens is 1. The number of aryl methyl sites for hydroxylation is 1. The number of hydrogen-bond donors (Lipinski definition) is 0. The van der Waals surface area contributed by atoms with Gasteiger partial charge in [-0.2, -0.15) is 0 Å². The third-order valence-electron chi connectivity index (χ3n) is 4.20. The molecular weight excluding hydrogens is 270 g/mol. The van der Waals surface area contributed by atoms with Crippen molar-refractivity contribution >= 4 is 17.4 Å². The Morgan fingerprint density at radius 2 is 1.90 bits per heavy atom. The van der Waals surface area contributed by atoms with Gasteiger partial charge in [0.1, 0.15) is 16.8 Å². The zero-order valence-electron chi connectivity index (χ0n) is 13.0. The first-order valence-corrected chi connectivity index (χ1v) is 8.23. The van der Waals surface area contributed by atoms with E-state index in [1.807, 2.05) is 6.92 Å². The average Bonchev–Trinajstić information content (AvgIpc) is 2.44. The highest BCUT2D eigenvalue weighted by molar-refractivity contribution is 6.30. The molecule has 0 bridgehead atoms. The first kappa shape index (κ1) is 15.6. The average molecular weight is 296 g/mol. The molecule has 1 aliphatic rings. The Bertz CT molecular complexity index is 442.